The molecular formula is C29H42O6. The Balaban J connectivity index is 0.00000124. The number of hydrogen-bond donors (Lipinski definition) is 2. The predicted octanol–water partition coefficient (Wildman–Crippen LogP) is 3.99. The van der Waals surface area contributed by atoms with Crippen molar-refractivity contribution in [1.29, 1.82) is 0 Å². The largest absolute Gasteiger partial charge is 0.458 e. The van der Waals surface area contributed by atoms with Gasteiger partial charge in [0.2, 0.25) is 0 Å². The Labute approximate surface area is 209 Å². The molecule has 3 saturated carbocycles. The number of carbonyl (C=O) groups is 2. The van der Waals surface area contributed by atoms with Crippen LogP contribution in [0.4, 0.5) is 0 Å². The highest BCUT2D eigenvalue weighted by Crippen LogP contribution is 2.71. The van der Waals surface area contributed by atoms with E-state index in [0.29, 0.717) is 30.1 Å². The van der Waals surface area contributed by atoms with Crippen molar-refractivity contribution in [3.8, 4) is 0 Å². The fourth-order valence-corrected chi connectivity index (χ4v) is 9.34. The number of carbonyl (C=O) groups excluding carboxylic acids is 2. The Hall–Kier alpha value is -1.50. The summed E-state index contributed by atoms with van der Waals surface area (Å²) in [5.41, 5.74) is 0.243. The molecule has 0 spiro atoms. The van der Waals surface area contributed by atoms with Crippen LogP contribution < -0.4 is 0 Å². The van der Waals surface area contributed by atoms with Gasteiger partial charge in [0.25, 0.3) is 0 Å². The van der Waals surface area contributed by atoms with Gasteiger partial charge in [0.1, 0.15) is 17.8 Å². The standard InChI is InChI=1S/C28H38O5.CH4O/c1-14-13-20(32-25(30)15(14)2)16(3)17-8-9-18-22-19(10-12-26(17,18)4)27(5)21(29)7-6-11-28(27,31)24-23(22)33-24;1-2/h6-7,16-20,22-24,31H,8-13H2,1-5H3;2H,1H3/t16?,17?,18?,19?,20?,22?,23-,24-,26+,27-,28-;/m0./s1. The van der Waals surface area contributed by atoms with Crippen molar-refractivity contribution < 1.29 is 29.3 Å². The number of cyclic esters (lactones) is 1. The van der Waals surface area contributed by atoms with Crippen LogP contribution in [-0.2, 0) is 19.1 Å². The van der Waals surface area contributed by atoms with Crippen LogP contribution in [0.25, 0.3) is 0 Å². The van der Waals surface area contributed by atoms with Gasteiger partial charge in [0, 0.05) is 19.1 Å². The summed E-state index contributed by atoms with van der Waals surface area (Å²) in [7, 11) is 1.00. The van der Waals surface area contributed by atoms with Crippen LogP contribution >= 0.6 is 0 Å². The molecule has 6 unspecified atom stereocenters. The van der Waals surface area contributed by atoms with E-state index in [0.717, 1.165) is 50.4 Å². The number of aliphatic hydroxyl groups excluding tert-OH is 1. The summed E-state index contributed by atoms with van der Waals surface area (Å²) in [5.74, 6) is 1.68. The lowest BCUT2D eigenvalue weighted by Crippen LogP contribution is -2.67. The molecule has 0 aromatic rings. The summed E-state index contributed by atoms with van der Waals surface area (Å²) in [6, 6.07) is 0. The predicted molar refractivity (Wildman–Crippen MR) is 131 cm³/mol. The van der Waals surface area contributed by atoms with E-state index >= 15 is 0 Å². The Morgan fingerprint density at radius 2 is 1.80 bits per heavy atom. The number of hydrogen-bond acceptors (Lipinski definition) is 6. The van der Waals surface area contributed by atoms with Gasteiger partial charge in [-0.05, 0) is 94.0 Å². The maximum Gasteiger partial charge on any atom is 0.333 e. The lowest BCUT2D eigenvalue weighted by molar-refractivity contribution is -0.182. The van der Waals surface area contributed by atoms with Crippen LogP contribution in [0.2, 0.25) is 0 Å². The van der Waals surface area contributed by atoms with Gasteiger partial charge in [-0.15, -0.1) is 0 Å². The maximum absolute atomic E-state index is 13.3. The second kappa shape index (κ2) is 8.26. The van der Waals surface area contributed by atoms with E-state index in [9.17, 15) is 14.7 Å². The lowest BCUT2D eigenvalue weighted by atomic mass is 9.43. The highest BCUT2D eigenvalue weighted by Gasteiger charge is 2.77. The van der Waals surface area contributed by atoms with Gasteiger partial charge in [-0.3, -0.25) is 4.79 Å². The molecular weight excluding hydrogens is 444 g/mol. The third-order valence-corrected chi connectivity index (χ3v) is 11.6. The zero-order valence-electron chi connectivity index (χ0n) is 22.0. The number of rotatable bonds is 2. The molecule has 0 amide bonds. The SMILES string of the molecule is CC1=C(C)C(=O)OC(C(C)C2CCC3C4C(CC[C@]23C)[C@@]2(C)C(=O)C=CC[C@]2(O)[C@H]2O[C@@H]42)C1.CO. The average molecular weight is 487 g/mol. The van der Waals surface area contributed by atoms with E-state index in [2.05, 4.69) is 20.8 Å². The number of ketones is 1. The quantitative estimate of drug-likeness (QED) is 0.453. The number of epoxide rings is 1. The minimum absolute atomic E-state index is 0.0524. The summed E-state index contributed by atoms with van der Waals surface area (Å²) in [6.07, 6.45) is 8.98. The number of ether oxygens (including phenoxy) is 2. The normalized spacial score (nSPS) is 50.7. The van der Waals surface area contributed by atoms with Crippen LogP contribution in [0.5, 0.6) is 0 Å². The fraction of sp³-hybridized carbons (Fsp3) is 0.793. The molecule has 35 heavy (non-hydrogen) atoms. The van der Waals surface area contributed by atoms with Crippen LogP contribution in [0.15, 0.2) is 23.3 Å². The molecule has 6 rings (SSSR count). The van der Waals surface area contributed by atoms with Crippen molar-refractivity contribution >= 4 is 11.8 Å². The Morgan fingerprint density at radius 3 is 2.49 bits per heavy atom. The average Bonchev–Trinajstić information content (AvgIpc) is 3.56. The molecule has 2 aliphatic heterocycles. The highest BCUT2D eigenvalue weighted by atomic mass is 16.6. The van der Waals surface area contributed by atoms with Crippen molar-refractivity contribution in [2.45, 2.75) is 97.1 Å². The van der Waals surface area contributed by atoms with Gasteiger partial charge in [-0.2, -0.15) is 0 Å². The van der Waals surface area contributed by atoms with Crippen molar-refractivity contribution in [2.75, 3.05) is 7.11 Å². The van der Waals surface area contributed by atoms with Gasteiger partial charge in [-0.25, -0.2) is 4.79 Å². The summed E-state index contributed by atoms with van der Waals surface area (Å²) < 4.78 is 12.1. The van der Waals surface area contributed by atoms with Crippen LogP contribution in [-0.4, -0.2) is 53.0 Å². The Bertz CT molecular complexity index is 984. The zero-order chi connectivity index (χ0) is 25.5. The topological polar surface area (TPSA) is 96.4 Å². The van der Waals surface area contributed by atoms with E-state index in [1.165, 1.54) is 0 Å². The van der Waals surface area contributed by atoms with Crippen molar-refractivity contribution in [3.63, 3.8) is 0 Å². The van der Waals surface area contributed by atoms with Crippen molar-refractivity contribution in [1.82, 2.24) is 0 Å². The molecule has 4 aliphatic carbocycles. The van der Waals surface area contributed by atoms with E-state index in [-0.39, 0.29) is 41.4 Å². The van der Waals surface area contributed by atoms with Crippen LogP contribution in [0.1, 0.15) is 73.1 Å². The van der Waals surface area contributed by atoms with Crippen molar-refractivity contribution in [3.05, 3.63) is 23.3 Å². The number of esters is 1. The molecule has 0 radical (unpaired) electrons. The molecule has 2 heterocycles. The minimum atomic E-state index is -1.07. The van der Waals surface area contributed by atoms with E-state index in [1.54, 1.807) is 6.08 Å². The van der Waals surface area contributed by atoms with E-state index in [4.69, 9.17) is 14.6 Å². The first-order valence-corrected chi connectivity index (χ1v) is 13.4. The smallest absolute Gasteiger partial charge is 0.333 e. The first-order chi connectivity index (χ1) is 16.5. The summed E-state index contributed by atoms with van der Waals surface area (Å²) in [5, 5.41) is 18.7. The van der Waals surface area contributed by atoms with Crippen LogP contribution in [0, 0.1) is 40.4 Å². The molecule has 194 valence electrons. The zero-order valence-corrected chi connectivity index (χ0v) is 22.0. The van der Waals surface area contributed by atoms with Gasteiger partial charge in [0.15, 0.2) is 5.78 Å². The second-order valence-electron chi connectivity index (χ2n) is 12.5. The summed E-state index contributed by atoms with van der Waals surface area (Å²) in [6.45, 7) is 10.7. The number of fused-ring (bicyclic) bond motifs is 8. The Kier molecular flexibility index (Phi) is 5.94. The second-order valence-corrected chi connectivity index (χ2v) is 12.5. The molecule has 6 heteroatoms. The minimum Gasteiger partial charge on any atom is -0.458 e. The van der Waals surface area contributed by atoms with Crippen molar-refractivity contribution in [2.24, 2.45) is 40.4 Å². The van der Waals surface area contributed by atoms with E-state index in [1.807, 2.05) is 19.9 Å². The molecule has 11 atom stereocenters. The van der Waals surface area contributed by atoms with Crippen LogP contribution in [0.3, 0.4) is 0 Å². The van der Waals surface area contributed by atoms with Gasteiger partial charge < -0.3 is 19.7 Å². The molecule has 0 bridgehead atoms. The number of allylic oxidation sites excluding steroid dienone is 1. The summed E-state index contributed by atoms with van der Waals surface area (Å²) >= 11 is 0. The molecule has 6 nitrogen and oxygen atoms in total. The molecule has 1 saturated heterocycles. The fourth-order valence-electron chi connectivity index (χ4n) is 9.34. The third-order valence-electron chi connectivity index (χ3n) is 11.6. The summed E-state index contributed by atoms with van der Waals surface area (Å²) in [4.78, 5) is 25.7. The van der Waals surface area contributed by atoms with E-state index < -0.39 is 11.0 Å². The maximum atomic E-state index is 13.3. The lowest BCUT2D eigenvalue weighted by Gasteiger charge is -2.60. The third kappa shape index (κ3) is 3.18. The first-order valence-electron chi connectivity index (χ1n) is 13.4. The first kappa shape index (κ1) is 25.2. The van der Waals surface area contributed by atoms with Gasteiger partial charge >= 0.3 is 5.97 Å². The molecule has 0 aromatic heterocycles. The van der Waals surface area contributed by atoms with Gasteiger partial charge in [0.05, 0.1) is 11.5 Å². The molecule has 2 N–H and O–H groups in total. The molecule has 6 aliphatic rings. The Morgan fingerprint density at radius 1 is 1.09 bits per heavy atom. The number of aliphatic hydroxyl groups is 2. The van der Waals surface area contributed by atoms with Gasteiger partial charge in [-0.1, -0.05) is 25.5 Å². The molecule has 4 fully saturated rings. The highest BCUT2D eigenvalue weighted by molar-refractivity contribution is 5.97. The molecule has 0 aromatic carbocycles. The monoisotopic (exact) mass is 486 g/mol.